The summed E-state index contributed by atoms with van der Waals surface area (Å²) in [4.78, 5) is 0. The summed E-state index contributed by atoms with van der Waals surface area (Å²) in [5.74, 6) is 0. The Bertz CT molecular complexity index is 994. The number of fused-ring (bicyclic) bond motifs is 6. The van der Waals surface area contributed by atoms with E-state index in [1.54, 1.807) is 0 Å². The highest BCUT2D eigenvalue weighted by molar-refractivity contribution is 6.07. The summed E-state index contributed by atoms with van der Waals surface area (Å²) in [6.45, 7) is 2.02. The molecule has 2 aliphatic rings. The van der Waals surface area contributed by atoms with Gasteiger partial charge in [0.25, 0.3) is 0 Å². The lowest BCUT2D eigenvalue weighted by Crippen LogP contribution is -2.29. The van der Waals surface area contributed by atoms with Crippen molar-refractivity contribution in [3.8, 4) is 0 Å². The predicted octanol–water partition coefficient (Wildman–Crippen LogP) is 2.64. The van der Waals surface area contributed by atoms with Gasteiger partial charge in [0, 0.05) is 0 Å². The summed E-state index contributed by atoms with van der Waals surface area (Å²) >= 11 is 0. The van der Waals surface area contributed by atoms with E-state index in [1.807, 2.05) is 30.3 Å². The number of aryl methyl sites for hydroxylation is 1. The molecule has 1 aliphatic heterocycles. The Morgan fingerprint density at radius 3 is 2.50 bits per heavy atom. The molecule has 4 heteroatoms. The third kappa shape index (κ3) is 1.66. The average molecular weight is 322 g/mol. The second kappa shape index (κ2) is 4.77. The number of hydrogen-bond donors (Lipinski definition) is 3. The lowest BCUT2D eigenvalue weighted by Gasteiger charge is -2.26. The zero-order valence-electron chi connectivity index (χ0n) is 13.2. The van der Waals surface area contributed by atoms with Crippen LogP contribution in [0.2, 0.25) is 0 Å². The van der Waals surface area contributed by atoms with E-state index >= 15 is 0 Å². The number of ether oxygens (including phenoxy) is 1. The fourth-order valence-corrected chi connectivity index (χ4v) is 4.36. The maximum absolute atomic E-state index is 10.4. The smallest absolute Gasteiger partial charge is 0.118 e. The zero-order valence-corrected chi connectivity index (χ0v) is 13.2. The molecule has 1 heterocycles. The van der Waals surface area contributed by atoms with Gasteiger partial charge in [0.15, 0.2) is 0 Å². The van der Waals surface area contributed by atoms with Gasteiger partial charge in [-0.1, -0.05) is 36.4 Å². The second-order valence-corrected chi connectivity index (χ2v) is 6.76. The van der Waals surface area contributed by atoms with Gasteiger partial charge in [0.05, 0.1) is 6.61 Å². The van der Waals surface area contributed by atoms with Crippen LogP contribution in [0.5, 0.6) is 0 Å². The van der Waals surface area contributed by atoms with E-state index in [-0.39, 0.29) is 18.8 Å². The molecule has 0 amide bonds. The molecule has 4 atom stereocenters. The molecule has 1 aliphatic carbocycles. The summed E-state index contributed by atoms with van der Waals surface area (Å²) in [6.07, 6.45) is -2.32. The molecule has 0 bridgehead atoms. The fraction of sp³-hybridized carbons (Fsp3) is 0.300. The summed E-state index contributed by atoms with van der Waals surface area (Å²) in [7, 11) is 0. The Balaban J connectivity index is 1.97. The predicted molar refractivity (Wildman–Crippen MR) is 90.7 cm³/mol. The highest BCUT2D eigenvalue weighted by Crippen LogP contribution is 2.54. The molecule has 5 rings (SSSR count). The molecular weight excluding hydrogens is 304 g/mol. The first-order valence-electron chi connectivity index (χ1n) is 8.22. The number of benzene rings is 3. The highest BCUT2D eigenvalue weighted by Gasteiger charge is 2.54. The van der Waals surface area contributed by atoms with E-state index in [1.165, 1.54) is 0 Å². The highest BCUT2D eigenvalue weighted by atomic mass is 16.6. The number of hydrogen-bond acceptors (Lipinski definition) is 4. The van der Waals surface area contributed by atoms with Gasteiger partial charge in [0.2, 0.25) is 0 Å². The maximum Gasteiger partial charge on any atom is 0.118 e. The summed E-state index contributed by atoms with van der Waals surface area (Å²) in [6, 6.07) is 11.9. The Hall–Kier alpha value is -1.98. The monoisotopic (exact) mass is 322 g/mol. The van der Waals surface area contributed by atoms with E-state index < -0.39 is 12.2 Å². The number of aliphatic hydroxyl groups is 3. The van der Waals surface area contributed by atoms with Crippen molar-refractivity contribution < 1.29 is 20.1 Å². The van der Waals surface area contributed by atoms with Crippen molar-refractivity contribution in [2.45, 2.75) is 37.9 Å². The van der Waals surface area contributed by atoms with Crippen LogP contribution in [0.15, 0.2) is 36.4 Å². The minimum atomic E-state index is -0.934. The Labute approximate surface area is 138 Å². The van der Waals surface area contributed by atoms with Crippen molar-refractivity contribution >= 4 is 21.5 Å². The molecular formula is C20H18O4. The van der Waals surface area contributed by atoms with Gasteiger partial charge in [-0.15, -0.1) is 0 Å². The van der Waals surface area contributed by atoms with E-state index in [9.17, 15) is 15.3 Å². The molecule has 4 unspecified atom stereocenters. The van der Waals surface area contributed by atoms with Crippen molar-refractivity contribution in [2.75, 3.05) is 0 Å². The van der Waals surface area contributed by atoms with E-state index in [0.29, 0.717) is 0 Å². The van der Waals surface area contributed by atoms with Crippen molar-refractivity contribution in [1.29, 1.82) is 0 Å². The molecule has 4 nitrogen and oxygen atoms in total. The normalized spacial score (nSPS) is 28.0. The Morgan fingerprint density at radius 1 is 1.00 bits per heavy atom. The molecule has 3 N–H and O–H groups in total. The average Bonchev–Trinajstić information content (AvgIpc) is 3.40. The zero-order chi connectivity index (χ0) is 16.6. The summed E-state index contributed by atoms with van der Waals surface area (Å²) in [5, 5.41) is 34.7. The van der Waals surface area contributed by atoms with Crippen LogP contribution in [0.1, 0.15) is 34.5 Å². The number of aliphatic hydroxyl groups excluding tert-OH is 3. The molecule has 0 saturated carbocycles. The van der Waals surface area contributed by atoms with Crippen LogP contribution < -0.4 is 0 Å². The lowest BCUT2D eigenvalue weighted by molar-refractivity contribution is 0.000103. The Morgan fingerprint density at radius 2 is 1.75 bits per heavy atom. The van der Waals surface area contributed by atoms with Gasteiger partial charge in [-0.05, 0) is 50.7 Å². The molecule has 0 aromatic heterocycles. The van der Waals surface area contributed by atoms with E-state index in [0.717, 1.165) is 43.8 Å². The van der Waals surface area contributed by atoms with Gasteiger partial charge in [0.1, 0.15) is 24.4 Å². The third-order valence-electron chi connectivity index (χ3n) is 5.58. The van der Waals surface area contributed by atoms with Crippen LogP contribution in [-0.2, 0) is 11.3 Å². The molecule has 3 aromatic carbocycles. The van der Waals surface area contributed by atoms with Gasteiger partial charge >= 0.3 is 0 Å². The van der Waals surface area contributed by atoms with Crippen molar-refractivity contribution in [1.82, 2.24) is 0 Å². The molecule has 1 saturated heterocycles. The minimum absolute atomic E-state index is 0.0454. The first kappa shape index (κ1) is 14.4. The van der Waals surface area contributed by atoms with Crippen LogP contribution >= 0.6 is 0 Å². The number of rotatable bonds is 1. The quantitative estimate of drug-likeness (QED) is 0.476. The van der Waals surface area contributed by atoms with Crippen molar-refractivity contribution in [3.05, 3.63) is 58.7 Å². The van der Waals surface area contributed by atoms with E-state index in [2.05, 4.69) is 13.0 Å². The first-order chi connectivity index (χ1) is 11.6. The summed E-state index contributed by atoms with van der Waals surface area (Å²) in [5.41, 5.74) is 3.71. The van der Waals surface area contributed by atoms with Crippen LogP contribution in [-0.4, -0.2) is 27.5 Å². The van der Waals surface area contributed by atoms with Crippen LogP contribution in [0.4, 0.5) is 0 Å². The second-order valence-electron chi connectivity index (χ2n) is 6.76. The lowest BCUT2D eigenvalue weighted by atomic mass is 9.81. The van der Waals surface area contributed by atoms with Gasteiger partial charge in [-0.2, -0.15) is 0 Å². The van der Waals surface area contributed by atoms with Gasteiger partial charge < -0.3 is 20.1 Å². The van der Waals surface area contributed by atoms with Crippen LogP contribution in [0.25, 0.3) is 21.5 Å². The first-order valence-corrected chi connectivity index (χ1v) is 8.22. The molecule has 0 radical (unpaired) electrons. The fourth-order valence-electron chi connectivity index (χ4n) is 4.36. The number of epoxide rings is 1. The third-order valence-corrected chi connectivity index (χ3v) is 5.58. The molecule has 3 aromatic rings. The molecule has 24 heavy (non-hydrogen) atoms. The molecule has 1 fully saturated rings. The summed E-state index contributed by atoms with van der Waals surface area (Å²) < 4.78 is 5.66. The van der Waals surface area contributed by atoms with Crippen molar-refractivity contribution in [2.24, 2.45) is 0 Å². The maximum atomic E-state index is 10.4. The standard InChI is InChI=1S/C20H18O4/c1-9-10-4-2-3-5-11(10)14(8-21)12-6-7-13-16(15(9)12)19-20(24-19)18(23)17(13)22/h2-7,17-23H,8H2,1H3. The SMILES string of the molecule is Cc1c2ccccc2c(CO)c2ccc3c(c12)C1OC1C(O)C3O. The Kier molecular flexibility index (Phi) is 2.86. The topological polar surface area (TPSA) is 73.2 Å². The molecule has 0 spiro atoms. The van der Waals surface area contributed by atoms with Gasteiger partial charge in [-0.25, -0.2) is 0 Å². The van der Waals surface area contributed by atoms with Crippen LogP contribution in [0.3, 0.4) is 0 Å². The van der Waals surface area contributed by atoms with Gasteiger partial charge in [-0.3, -0.25) is 0 Å². The van der Waals surface area contributed by atoms with Crippen molar-refractivity contribution in [3.63, 3.8) is 0 Å². The molecule has 122 valence electrons. The largest absolute Gasteiger partial charge is 0.392 e. The van der Waals surface area contributed by atoms with E-state index in [4.69, 9.17) is 4.74 Å². The van der Waals surface area contributed by atoms with Crippen LogP contribution in [0, 0.1) is 6.92 Å². The minimum Gasteiger partial charge on any atom is -0.392 e.